The maximum absolute atomic E-state index is 12.7. The molecule has 4 nitrogen and oxygen atoms in total. The number of ether oxygens (including phenoxy) is 1. The van der Waals surface area contributed by atoms with Gasteiger partial charge >= 0.3 is 0 Å². The molecule has 4 heteroatoms. The van der Waals surface area contributed by atoms with Crippen LogP contribution in [0.3, 0.4) is 0 Å². The molecule has 138 valence electrons. The predicted molar refractivity (Wildman–Crippen MR) is 101 cm³/mol. The van der Waals surface area contributed by atoms with Crippen LogP contribution in [0.15, 0.2) is 24.3 Å². The summed E-state index contributed by atoms with van der Waals surface area (Å²) >= 11 is 0. The third kappa shape index (κ3) is 4.55. The molecule has 2 aliphatic rings. The molecule has 0 spiro atoms. The number of piperidine rings is 1. The van der Waals surface area contributed by atoms with Crippen molar-refractivity contribution in [3.05, 3.63) is 29.8 Å². The molecule has 0 aromatic heterocycles. The maximum Gasteiger partial charge on any atom is 0.222 e. The molecule has 0 radical (unpaired) electrons. The molecule has 0 aliphatic carbocycles. The molecule has 0 bridgehead atoms. The Morgan fingerprint density at radius 1 is 1.20 bits per heavy atom. The van der Waals surface area contributed by atoms with Gasteiger partial charge in [-0.1, -0.05) is 18.2 Å². The van der Waals surface area contributed by atoms with E-state index in [-0.39, 0.29) is 23.1 Å². The van der Waals surface area contributed by atoms with Crippen molar-refractivity contribution in [1.29, 1.82) is 0 Å². The van der Waals surface area contributed by atoms with Gasteiger partial charge in [-0.15, -0.1) is 0 Å². The molecule has 3 rings (SSSR count). The molecular weight excluding hydrogens is 312 g/mol. The summed E-state index contributed by atoms with van der Waals surface area (Å²) in [7, 11) is 1.91. The Labute approximate surface area is 151 Å². The minimum Gasteiger partial charge on any atom is -0.488 e. The van der Waals surface area contributed by atoms with Crippen LogP contribution in [0.4, 0.5) is 0 Å². The number of nitrogens with zero attached hydrogens (tertiary/aromatic N) is 1. The van der Waals surface area contributed by atoms with E-state index < -0.39 is 0 Å². The number of nitrogens with one attached hydrogen (secondary N) is 1. The summed E-state index contributed by atoms with van der Waals surface area (Å²) in [6.45, 7) is 9.60. The van der Waals surface area contributed by atoms with E-state index in [1.54, 1.807) is 0 Å². The second-order valence-corrected chi connectivity index (χ2v) is 9.20. The fourth-order valence-corrected chi connectivity index (χ4v) is 4.84. The van der Waals surface area contributed by atoms with Gasteiger partial charge < -0.3 is 15.0 Å². The fourth-order valence-electron chi connectivity index (χ4n) is 4.84. The number of benzene rings is 1. The summed E-state index contributed by atoms with van der Waals surface area (Å²) in [6, 6.07) is 8.16. The van der Waals surface area contributed by atoms with Gasteiger partial charge in [0, 0.05) is 31.0 Å². The molecule has 2 aliphatic heterocycles. The van der Waals surface area contributed by atoms with Crippen LogP contribution in [0.5, 0.6) is 5.75 Å². The molecule has 1 N–H and O–H groups in total. The number of hydrogen-bond donors (Lipinski definition) is 1. The Morgan fingerprint density at radius 2 is 1.84 bits per heavy atom. The van der Waals surface area contributed by atoms with Crippen LogP contribution in [-0.2, 0) is 11.2 Å². The first-order valence-corrected chi connectivity index (χ1v) is 9.41. The van der Waals surface area contributed by atoms with Gasteiger partial charge in [-0.3, -0.25) is 4.79 Å². The van der Waals surface area contributed by atoms with Crippen molar-refractivity contribution in [1.82, 2.24) is 10.2 Å². The lowest BCUT2D eigenvalue weighted by atomic mass is 9.74. The summed E-state index contributed by atoms with van der Waals surface area (Å²) in [5.74, 6) is 1.64. The van der Waals surface area contributed by atoms with Gasteiger partial charge in [0.25, 0.3) is 0 Å². The molecule has 2 heterocycles. The second kappa shape index (κ2) is 6.64. The van der Waals surface area contributed by atoms with Crippen molar-refractivity contribution in [2.75, 3.05) is 13.6 Å². The normalized spacial score (nSPS) is 24.4. The fraction of sp³-hybridized carbons (Fsp3) is 0.667. The zero-order chi connectivity index (χ0) is 18.2. The molecular formula is C21H32N2O2. The van der Waals surface area contributed by atoms with Gasteiger partial charge in [0.2, 0.25) is 5.91 Å². The summed E-state index contributed by atoms with van der Waals surface area (Å²) in [6.07, 6.45) is 3.68. The van der Waals surface area contributed by atoms with Crippen molar-refractivity contribution in [2.24, 2.45) is 5.92 Å². The smallest absolute Gasteiger partial charge is 0.222 e. The van der Waals surface area contributed by atoms with Crippen molar-refractivity contribution in [3.63, 3.8) is 0 Å². The molecule has 1 fully saturated rings. The van der Waals surface area contributed by atoms with E-state index in [9.17, 15) is 4.79 Å². The van der Waals surface area contributed by atoms with Crippen LogP contribution >= 0.6 is 0 Å². The Hall–Kier alpha value is -1.55. The van der Waals surface area contributed by atoms with E-state index in [0.29, 0.717) is 18.9 Å². The van der Waals surface area contributed by atoms with Gasteiger partial charge in [-0.25, -0.2) is 0 Å². The number of hydrogen-bond acceptors (Lipinski definition) is 3. The van der Waals surface area contributed by atoms with Gasteiger partial charge in [0.15, 0.2) is 0 Å². The van der Waals surface area contributed by atoms with E-state index in [1.807, 2.05) is 30.1 Å². The quantitative estimate of drug-likeness (QED) is 0.910. The van der Waals surface area contributed by atoms with Crippen LogP contribution in [0.1, 0.15) is 52.5 Å². The van der Waals surface area contributed by atoms with E-state index >= 15 is 0 Å². The summed E-state index contributed by atoms with van der Waals surface area (Å²) in [4.78, 5) is 14.6. The second-order valence-electron chi connectivity index (χ2n) is 9.20. The van der Waals surface area contributed by atoms with Gasteiger partial charge in [-0.05, 0) is 58.1 Å². The molecule has 1 aromatic carbocycles. The Balaban J connectivity index is 1.53. The first-order chi connectivity index (χ1) is 11.6. The first kappa shape index (κ1) is 18.2. The lowest BCUT2D eigenvalue weighted by molar-refractivity contribution is -0.132. The van der Waals surface area contributed by atoms with Crippen LogP contribution in [0.25, 0.3) is 0 Å². The Morgan fingerprint density at radius 3 is 2.48 bits per heavy atom. The SMILES string of the molecule is CN(CC1Cc2ccccc2O1)C(=O)CC1CC(C)(C)NC(C)(C)C1. The number of amides is 1. The maximum atomic E-state index is 12.7. The highest BCUT2D eigenvalue weighted by Gasteiger charge is 2.38. The van der Waals surface area contributed by atoms with Crippen molar-refractivity contribution >= 4 is 5.91 Å². The molecule has 1 saturated heterocycles. The minimum absolute atomic E-state index is 0.0762. The average molecular weight is 344 g/mol. The number of carbonyl (C=O) groups excluding carboxylic acids is 1. The summed E-state index contributed by atoms with van der Waals surface area (Å²) < 4.78 is 5.98. The molecule has 1 atom stereocenters. The predicted octanol–water partition coefficient (Wildman–Crippen LogP) is 3.40. The highest BCUT2D eigenvalue weighted by atomic mass is 16.5. The lowest BCUT2D eigenvalue weighted by Gasteiger charge is -2.46. The minimum atomic E-state index is 0.0762. The lowest BCUT2D eigenvalue weighted by Crippen LogP contribution is -2.58. The van der Waals surface area contributed by atoms with E-state index in [2.05, 4.69) is 39.1 Å². The zero-order valence-electron chi connectivity index (χ0n) is 16.3. The summed E-state index contributed by atoms with van der Waals surface area (Å²) in [5.41, 5.74) is 1.42. The van der Waals surface area contributed by atoms with E-state index in [0.717, 1.165) is 25.0 Å². The highest BCUT2D eigenvalue weighted by molar-refractivity contribution is 5.76. The molecule has 25 heavy (non-hydrogen) atoms. The largest absolute Gasteiger partial charge is 0.488 e. The number of carbonyl (C=O) groups is 1. The number of likely N-dealkylation sites (N-methyl/N-ethyl adjacent to an activating group) is 1. The standard InChI is InChI=1S/C21H32N2O2/c1-20(2)12-15(13-21(3,4)22-20)10-19(24)23(5)14-17-11-16-8-6-7-9-18(16)25-17/h6-9,15,17,22H,10-14H2,1-5H3. The Bertz CT molecular complexity index is 598. The molecule has 1 amide bonds. The topological polar surface area (TPSA) is 41.6 Å². The van der Waals surface area contributed by atoms with Crippen LogP contribution < -0.4 is 10.1 Å². The number of rotatable bonds is 4. The molecule has 0 saturated carbocycles. The van der Waals surface area contributed by atoms with Gasteiger partial charge in [-0.2, -0.15) is 0 Å². The van der Waals surface area contributed by atoms with Gasteiger partial charge in [0.05, 0.1) is 6.54 Å². The monoisotopic (exact) mass is 344 g/mol. The number of fused-ring (bicyclic) bond motifs is 1. The molecule has 1 aromatic rings. The van der Waals surface area contributed by atoms with Crippen molar-refractivity contribution < 1.29 is 9.53 Å². The van der Waals surface area contributed by atoms with E-state index in [4.69, 9.17) is 4.74 Å². The van der Waals surface area contributed by atoms with Crippen LogP contribution in [-0.4, -0.2) is 41.6 Å². The summed E-state index contributed by atoms with van der Waals surface area (Å²) in [5, 5.41) is 3.69. The number of para-hydroxylation sites is 1. The molecule has 1 unspecified atom stereocenters. The first-order valence-electron chi connectivity index (χ1n) is 9.41. The van der Waals surface area contributed by atoms with Crippen molar-refractivity contribution in [2.45, 2.75) is 70.6 Å². The third-order valence-corrected chi connectivity index (χ3v) is 5.36. The average Bonchev–Trinajstić information content (AvgIpc) is 2.85. The van der Waals surface area contributed by atoms with Crippen molar-refractivity contribution in [3.8, 4) is 5.75 Å². The Kier molecular flexibility index (Phi) is 4.84. The zero-order valence-corrected chi connectivity index (χ0v) is 16.3. The van der Waals surface area contributed by atoms with E-state index in [1.165, 1.54) is 5.56 Å². The highest BCUT2D eigenvalue weighted by Crippen LogP contribution is 2.35. The third-order valence-electron chi connectivity index (χ3n) is 5.36. The van der Waals surface area contributed by atoms with Gasteiger partial charge in [0.1, 0.15) is 11.9 Å². The van der Waals surface area contributed by atoms with Crippen LogP contribution in [0.2, 0.25) is 0 Å². The van der Waals surface area contributed by atoms with Crippen LogP contribution in [0, 0.1) is 5.92 Å².